The van der Waals surface area contributed by atoms with E-state index >= 15 is 0 Å². The third kappa shape index (κ3) is 3.07. The van der Waals surface area contributed by atoms with Gasteiger partial charge < -0.3 is 5.32 Å². The average Bonchev–Trinajstić information content (AvgIpc) is 3.05. The van der Waals surface area contributed by atoms with Crippen molar-refractivity contribution in [2.75, 3.05) is 11.9 Å². The van der Waals surface area contributed by atoms with Crippen molar-refractivity contribution in [3.05, 3.63) is 28.3 Å². The standard InChI is InChI=1S/C12H17N3O4S/c1-3-13-9-4-5-10(15(16)17)11(8-9)20(18,19)14-12(2)6-7-12/h4-5,8,13-14H,3,6-7H2,1-2H3. The fraction of sp³-hybridized carbons (Fsp3) is 0.500. The van der Waals surface area contributed by atoms with Gasteiger partial charge in [0, 0.05) is 23.8 Å². The maximum absolute atomic E-state index is 12.3. The smallest absolute Gasteiger partial charge is 0.289 e. The largest absolute Gasteiger partial charge is 0.385 e. The summed E-state index contributed by atoms with van der Waals surface area (Å²) in [4.78, 5) is 10.0. The molecule has 1 saturated carbocycles. The summed E-state index contributed by atoms with van der Waals surface area (Å²) in [7, 11) is -3.90. The summed E-state index contributed by atoms with van der Waals surface area (Å²) in [5.74, 6) is 0. The lowest BCUT2D eigenvalue weighted by Crippen LogP contribution is -2.34. The summed E-state index contributed by atoms with van der Waals surface area (Å²) in [6, 6.07) is 4.01. The molecule has 0 atom stereocenters. The third-order valence-corrected chi connectivity index (χ3v) is 4.88. The zero-order valence-electron chi connectivity index (χ0n) is 11.3. The molecule has 0 amide bonds. The van der Waals surface area contributed by atoms with E-state index in [9.17, 15) is 18.5 Å². The molecule has 1 aromatic carbocycles. The summed E-state index contributed by atoms with van der Waals surface area (Å²) in [5, 5.41) is 14.0. The first-order valence-electron chi connectivity index (χ1n) is 6.34. The fourth-order valence-corrected chi connectivity index (χ4v) is 3.53. The van der Waals surface area contributed by atoms with E-state index in [2.05, 4.69) is 10.0 Å². The zero-order chi connectivity index (χ0) is 15.0. The molecule has 0 radical (unpaired) electrons. The SMILES string of the molecule is CCNc1ccc([N+](=O)[O-])c(S(=O)(=O)NC2(C)CC2)c1. The molecule has 1 fully saturated rings. The minimum absolute atomic E-state index is 0.297. The molecule has 110 valence electrons. The van der Waals surface area contributed by atoms with Gasteiger partial charge in [0.25, 0.3) is 5.69 Å². The number of rotatable bonds is 6. The number of sulfonamides is 1. The molecule has 0 aromatic heterocycles. The Morgan fingerprint density at radius 2 is 2.05 bits per heavy atom. The normalized spacial score (nSPS) is 16.7. The van der Waals surface area contributed by atoms with E-state index in [1.807, 2.05) is 6.92 Å². The van der Waals surface area contributed by atoms with E-state index < -0.39 is 26.2 Å². The summed E-state index contributed by atoms with van der Waals surface area (Å²) in [6.45, 7) is 4.24. The number of benzene rings is 1. The summed E-state index contributed by atoms with van der Waals surface area (Å²) in [5.41, 5.74) is -0.344. The Kier molecular flexibility index (Phi) is 3.70. The highest BCUT2D eigenvalue weighted by Gasteiger charge is 2.42. The molecular weight excluding hydrogens is 282 g/mol. The molecule has 7 nitrogen and oxygen atoms in total. The van der Waals surface area contributed by atoms with E-state index in [-0.39, 0.29) is 4.90 Å². The van der Waals surface area contributed by atoms with Crippen LogP contribution in [0.5, 0.6) is 0 Å². The molecular formula is C12H17N3O4S. The molecule has 0 aliphatic heterocycles. The van der Waals surface area contributed by atoms with E-state index in [4.69, 9.17) is 0 Å². The number of hydrogen-bond donors (Lipinski definition) is 2. The number of anilines is 1. The van der Waals surface area contributed by atoms with Crippen molar-refractivity contribution in [2.45, 2.75) is 37.1 Å². The predicted octanol–water partition coefficient (Wildman–Crippen LogP) is 1.86. The fourth-order valence-electron chi connectivity index (χ4n) is 1.86. The van der Waals surface area contributed by atoms with Gasteiger partial charge >= 0.3 is 0 Å². The van der Waals surface area contributed by atoms with Gasteiger partial charge in [-0.1, -0.05) is 0 Å². The first-order valence-corrected chi connectivity index (χ1v) is 7.82. The van der Waals surface area contributed by atoms with Gasteiger partial charge in [0.2, 0.25) is 10.0 Å². The quantitative estimate of drug-likeness (QED) is 0.616. The Balaban J connectivity index is 2.45. The summed E-state index contributed by atoms with van der Waals surface area (Å²) in [6.07, 6.45) is 1.49. The molecule has 0 unspecified atom stereocenters. The molecule has 2 N–H and O–H groups in total. The van der Waals surface area contributed by atoms with Crippen molar-refractivity contribution in [1.29, 1.82) is 0 Å². The van der Waals surface area contributed by atoms with Gasteiger partial charge in [0.05, 0.1) is 4.92 Å². The monoisotopic (exact) mass is 299 g/mol. The Morgan fingerprint density at radius 3 is 2.55 bits per heavy atom. The van der Waals surface area contributed by atoms with Crippen molar-refractivity contribution in [3.63, 3.8) is 0 Å². The van der Waals surface area contributed by atoms with Crippen LogP contribution in [0.15, 0.2) is 23.1 Å². The lowest BCUT2D eigenvalue weighted by Gasteiger charge is -2.13. The molecule has 1 aromatic rings. The van der Waals surface area contributed by atoms with E-state index in [1.54, 1.807) is 6.92 Å². The minimum atomic E-state index is -3.90. The number of hydrogen-bond acceptors (Lipinski definition) is 5. The second-order valence-corrected chi connectivity index (χ2v) is 6.79. The highest BCUT2D eigenvalue weighted by Crippen LogP contribution is 2.37. The van der Waals surface area contributed by atoms with Gasteiger partial charge in [-0.05, 0) is 38.8 Å². The molecule has 1 aliphatic rings. The summed E-state index contributed by atoms with van der Waals surface area (Å²) < 4.78 is 27.2. The first-order chi connectivity index (χ1) is 9.27. The van der Waals surface area contributed by atoms with Gasteiger partial charge in [-0.3, -0.25) is 10.1 Å². The van der Waals surface area contributed by atoms with Crippen LogP contribution in [0, 0.1) is 10.1 Å². The maximum Gasteiger partial charge on any atom is 0.289 e. The lowest BCUT2D eigenvalue weighted by atomic mass is 10.3. The van der Waals surface area contributed by atoms with Crippen LogP contribution in [0.1, 0.15) is 26.7 Å². The van der Waals surface area contributed by atoms with Crippen LogP contribution in [-0.4, -0.2) is 25.4 Å². The van der Waals surface area contributed by atoms with E-state index in [0.29, 0.717) is 12.2 Å². The van der Waals surface area contributed by atoms with Gasteiger partial charge in [-0.25, -0.2) is 13.1 Å². The summed E-state index contributed by atoms with van der Waals surface area (Å²) >= 11 is 0. The highest BCUT2D eigenvalue weighted by molar-refractivity contribution is 7.89. The lowest BCUT2D eigenvalue weighted by molar-refractivity contribution is -0.387. The van der Waals surface area contributed by atoms with Crippen LogP contribution >= 0.6 is 0 Å². The van der Waals surface area contributed by atoms with Crippen molar-refractivity contribution in [3.8, 4) is 0 Å². The molecule has 2 rings (SSSR count). The topological polar surface area (TPSA) is 101 Å². The van der Waals surface area contributed by atoms with Gasteiger partial charge in [-0.2, -0.15) is 0 Å². The number of nitro groups is 1. The number of nitro benzene ring substituents is 1. The van der Waals surface area contributed by atoms with Crippen LogP contribution in [0.3, 0.4) is 0 Å². The van der Waals surface area contributed by atoms with Crippen molar-refractivity contribution < 1.29 is 13.3 Å². The second-order valence-electron chi connectivity index (χ2n) is 5.14. The Bertz CT molecular complexity index is 638. The third-order valence-electron chi connectivity index (χ3n) is 3.21. The second kappa shape index (κ2) is 5.02. The molecule has 0 heterocycles. The van der Waals surface area contributed by atoms with Crippen molar-refractivity contribution in [2.24, 2.45) is 0 Å². The molecule has 0 spiro atoms. The minimum Gasteiger partial charge on any atom is -0.385 e. The molecule has 20 heavy (non-hydrogen) atoms. The van der Waals surface area contributed by atoms with Crippen LogP contribution in [0.25, 0.3) is 0 Å². The predicted molar refractivity (Wildman–Crippen MR) is 75.2 cm³/mol. The first kappa shape index (κ1) is 14.7. The number of nitrogens with zero attached hydrogens (tertiary/aromatic N) is 1. The zero-order valence-corrected chi connectivity index (χ0v) is 12.2. The van der Waals surface area contributed by atoms with Crippen LogP contribution in [0.2, 0.25) is 0 Å². The number of nitrogens with one attached hydrogen (secondary N) is 2. The van der Waals surface area contributed by atoms with Crippen LogP contribution in [0.4, 0.5) is 11.4 Å². The molecule has 0 bridgehead atoms. The van der Waals surface area contributed by atoms with Gasteiger partial charge in [0.15, 0.2) is 4.90 Å². The average molecular weight is 299 g/mol. The molecule has 1 aliphatic carbocycles. The maximum atomic E-state index is 12.3. The van der Waals surface area contributed by atoms with Crippen molar-refractivity contribution >= 4 is 21.4 Å². The van der Waals surface area contributed by atoms with Gasteiger partial charge in [0.1, 0.15) is 0 Å². The van der Waals surface area contributed by atoms with E-state index in [1.165, 1.54) is 18.2 Å². The Morgan fingerprint density at radius 1 is 1.40 bits per heavy atom. The van der Waals surface area contributed by atoms with Crippen LogP contribution < -0.4 is 10.0 Å². The highest BCUT2D eigenvalue weighted by atomic mass is 32.2. The molecule has 8 heteroatoms. The molecule has 0 saturated heterocycles. The van der Waals surface area contributed by atoms with E-state index in [0.717, 1.165) is 12.8 Å². The Hall–Kier alpha value is -1.67. The Labute approximate surface area is 117 Å². The van der Waals surface area contributed by atoms with Gasteiger partial charge in [-0.15, -0.1) is 0 Å². The van der Waals surface area contributed by atoms with Crippen LogP contribution in [-0.2, 0) is 10.0 Å². The van der Waals surface area contributed by atoms with Crippen molar-refractivity contribution in [1.82, 2.24) is 4.72 Å².